The first kappa shape index (κ1) is 17.7. The van der Waals surface area contributed by atoms with Gasteiger partial charge < -0.3 is 19.3 Å². The van der Waals surface area contributed by atoms with E-state index in [1.807, 2.05) is 4.90 Å². The number of ether oxygens (including phenoxy) is 2. The van der Waals surface area contributed by atoms with Crippen LogP contribution in [0.3, 0.4) is 0 Å². The topological polar surface area (TPSA) is 42.0 Å². The zero-order chi connectivity index (χ0) is 17.8. The maximum absolute atomic E-state index is 12.7. The molecule has 26 heavy (non-hydrogen) atoms. The average molecular weight is 358 g/mol. The molecule has 2 aliphatic heterocycles. The molecular formula is C21H30N2O3. The highest BCUT2D eigenvalue weighted by molar-refractivity contribution is 5.76. The fourth-order valence-corrected chi connectivity index (χ4v) is 4.40. The Kier molecular flexibility index (Phi) is 5.63. The van der Waals surface area contributed by atoms with Crippen LogP contribution in [0.25, 0.3) is 0 Å². The van der Waals surface area contributed by atoms with Crippen molar-refractivity contribution in [3.05, 3.63) is 23.8 Å². The summed E-state index contributed by atoms with van der Waals surface area (Å²) in [5, 5.41) is 0. The molecule has 0 aromatic heterocycles. The summed E-state index contributed by atoms with van der Waals surface area (Å²) in [7, 11) is 0. The SMILES string of the molecule is O=C(CCC1CCCC1)N1CCOc2ccc(N3CCOCC3)cc2C1. The van der Waals surface area contributed by atoms with Crippen LogP contribution in [0.1, 0.15) is 44.1 Å². The van der Waals surface area contributed by atoms with Crippen LogP contribution >= 0.6 is 0 Å². The molecule has 1 saturated heterocycles. The smallest absolute Gasteiger partial charge is 0.222 e. The van der Waals surface area contributed by atoms with Crippen molar-refractivity contribution in [2.45, 2.75) is 45.1 Å². The van der Waals surface area contributed by atoms with Gasteiger partial charge in [-0.15, -0.1) is 0 Å². The Morgan fingerprint density at radius 3 is 2.69 bits per heavy atom. The number of amides is 1. The van der Waals surface area contributed by atoms with Crippen molar-refractivity contribution in [1.29, 1.82) is 0 Å². The minimum atomic E-state index is 0.283. The van der Waals surface area contributed by atoms with E-state index in [0.717, 1.165) is 50.0 Å². The van der Waals surface area contributed by atoms with E-state index in [-0.39, 0.29) is 5.91 Å². The maximum Gasteiger partial charge on any atom is 0.222 e. The highest BCUT2D eigenvalue weighted by atomic mass is 16.5. The summed E-state index contributed by atoms with van der Waals surface area (Å²) >= 11 is 0. The molecule has 0 unspecified atom stereocenters. The molecule has 2 heterocycles. The Balaban J connectivity index is 1.41. The summed E-state index contributed by atoms with van der Waals surface area (Å²) < 4.78 is 11.4. The Bertz CT molecular complexity index is 622. The van der Waals surface area contributed by atoms with Gasteiger partial charge in [0.05, 0.1) is 19.8 Å². The molecule has 1 saturated carbocycles. The fraction of sp³-hybridized carbons (Fsp3) is 0.667. The molecule has 142 valence electrons. The number of fused-ring (bicyclic) bond motifs is 1. The lowest BCUT2D eigenvalue weighted by Crippen LogP contribution is -2.36. The lowest BCUT2D eigenvalue weighted by molar-refractivity contribution is -0.132. The van der Waals surface area contributed by atoms with Crippen molar-refractivity contribution in [3.8, 4) is 5.75 Å². The van der Waals surface area contributed by atoms with Crippen molar-refractivity contribution >= 4 is 11.6 Å². The third-order valence-corrected chi connectivity index (χ3v) is 5.99. The largest absolute Gasteiger partial charge is 0.491 e. The highest BCUT2D eigenvalue weighted by Gasteiger charge is 2.23. The molecule has 2 fully saturated rings. The van der Waals surface area contributed by atoms with Gasteiger partial charge in [0.2, 0.25) is 5.91 Å². The van der Waals surface area contributed by atoms with Gasteiger partial charge in [0.15, 0.2) is 0 Å². The number of carbonyl (C=O) groups excluding carboxylic acids is 1. The maximum atomic E-state index is 12.7. The van der Waals surface area contributed by atoms with Crippen LogP contribution < -0.4 is 9.64 Å². The number of hydrogen-bond acceptors (Lipinski definition) is 4. The summed E-state index contributed by atoms with van der Waals surface area (Å²) in [5.74, 6) is 1.97. The van der Waals surface area contributed by atoms with E-state index in [0.29, 0.717) is 26.1 Å². The molecule has 1 aromatic carbocycles. The van der Waals surface area contributed by atoms with Gasteiger partial charge in [0.1, 0.15) is 12.4 Å². The number of morpholine rings is 1. The fourth-order valence-electron chi connectivity index (χ4n) is 4.40. The first-order chi connectivity index (χ1) is 12.8. The van der Waals surface area contributed by atoms with E-state index in [1.165, 1.54) is 31.4 Å². The zero-order valence-electron chi connectivity index (χ0n) is 15.6. The molecule has 0 spiro atoms. The molecule has 3 aliphatic rings. The second-order valence-electron chi connectivity index (χ2n) is 7.74. The lowest BCUT2D eigenvalue weighted by atomic mass is 10.0. The first-order valence-electron chi connectivity index (χ1n) is 10.2. The molecule has 1 aliphatic carbocycles. The van der Waals surface area contributed by atoms with Gasteiger partial charge in [-0.25, -0.2) is 0 Å². The van der Waals surface area contributed by atoms with Gasteiger partial charge in [0, 0.05) is 37.3 Å². The number of benzene rings is 1. The number of hydrogen-bond donors (Lipinski definition) is 0. The summed E-state index contributed by atoms with van der Waals surface area (Å²) in [6.45, 7) is 5.33. The zero-order valence-corrected chi connectivity index (χ0v) is 15.6. The second-order valence-corrected chi connectivity index (χ2v) is 7.74. The Hall–Kier alpha value is -1.75. The Morgan fingerprint density at radius 2 is 1.88 bits per heavy atom. The first-order valence-corrected chi connectivity index (χ1v) is 10.2. The van der Waals surface area contributed by atoms with Crippen LogP contribution in [0, 0.1) is 5.92 Å². The molecule has 4 rings (SSSR count). The normalized spacial score (nSPS) is 21.2. The van der Waals surface area contributed by atoms with Crippen LogP contribution in [0.15, 0.2) is 18.2 Å². The van der Waals surface area contributed by atoms with Crippen LogP contribution in [0.5, 0.6) is 5.75 Å². The van der Waals surface area contributed by atoms with E-state index in [1.54, 1.807) is 0 Å². The summed E-state index contributed by atoms with van der Waals surface area (Å²) in [4.78, 5) is 17.1. The average Bonchev–Trinajstić information content (AvgIpc) is 3.11. The van der Waals surface area contributed by atoms with Crippen molar-refractivity contribution in [1.82, 2.24) is 4.90 Å². The summed E-state index contributed by atoms with van der Waals surface area (Å²) in [6.07, 6.45) is 7.03. The molecular weight excluding hydrogens is 328 g/mol. The monoisotopic (exact) mass is 358 g/mol. The molecule has 0 bridgehead atoms. The van der Waals surface area contributed by atoms with Crippen LogP contribution in [0.2, 0.25) is 0 Å². The lowest BCUT2D eigenvalue weighted by Gasteiger charge is -2.29. The molecule has 0 N–H and O–H groups in total. The van der Waals surface area contributed by atoms with Crippen molar-refractivity contribution < 1.29 is 14.3 Å². The van der Waals surface area contributed by atoms with Crippen molar-refractivity contribution in [2.24, 2.45) is 5.92 Å². The van der Waals surface area contributed by atoms with E-state index < -0.39 is 0 Å². The van der Waals surface area contributed by atoms with Gasteiger partial charge >= 0.3 is 0 Å². The number of rotatable bonds is 4. The van der Waals surface area contributed by atoms with Gasteiger partial charge in [0.25, 0.3) is 0 Å². The van der Waals surface area contributed by atoms with E-state index >= 15 is 0 Å². The molecule has 5 heteroatoms. The van der Waals surface area contributed by atoms with Crippen LogP contribution in [-0.2, 0) is 16.1 Å². The number of carbonyl (C=O) groups is 1. The molecule has 0 atom stereocenters. The van der Waals surface area contributed by atoms with Gasteiger partial charge in [-0.2, -0.15) is 0 Å². The molecule has 1 amide bonds. The van der Waals surface area contributed by atoms with Crippen LogP contribution in [0.4, 0.5) is 5.69 Å². The number of anilines is 1. The van der Waals surface area contributed by atoms with E-state index in [4.69, 9.17) is 9.47 Å². The number of nitrogens with zero attached hydrogens (tertiary/aromatic N) is 2. The van der Waals surface area contributed by atoms with Crippen LogP contribution in [-0.4, -0.2) is 50.3 Å². The predicted octanol–water partition coefficient (Wildman–Crippen LogP) is 3.21. The van der Waals surface area contributed by atoms with Gasteiger partial charge in [-0.3, -0.25) is 4.79 Å². The molecule has 1 aromatic rings. The Labute approximate surface area is 156 Å². The summed E-state index contributed by atoms with van der Waals surface area (Å²) in [5.41, 5.74) is 2.33. The quantitative estimate of drug-likeness (QED) is 0.829. The van der Waals surface area contributed by atoms with E-state index in [9.17, 15) is 4.79 Å². The van der Waals surface area contributed by atoms with Gasteiger partial charge in [-0.05, 0) is 30.5 Å². The minimum Gasteiger partial charge on any atom is -0.491 e. The standard InChI is InChI=1S/C21H30N2O3/c24-21(8-5-17-3-1-2-4-17)23-11-14-26-20-7-6-19(15-18(20)16-23)22-9-12-25-13-10-22/h6-7,15,17H,1-5,8-14,16H2. The van der Waals surface area contributed by atoms with Crippen molar-refractivity contribution in [2.75, 3.05) is 44.4 Å². The summed E-state index contributed by atoms with van der Waals surface area (Å²) in [6, 6.07) is 6.39. The predicted molar refractivity (Wildman–Crippen MR) is 102 cm³/mol. The molecule has 0 radical (unpaired) electrons. The second kappa shape index (κ2) is 8.30. The van der Waals surface area contributed by atoms with Gasteiger partial charge in [-0.1, -0.05) is 25.7 Å². The van der Waals surface area contributed by atoms with Crippen molar-refractivity contribution in [3.63, 3.8) is 0 Å². The minimum absolute atomic E-state index is 0.283. The third-order valence-electron chi connectivity index (χ3n) is 5.99. The Morgan fingerprint density at radius 1 is 1.08 bits per heavy atom. The van der Waals surface area contributed by atoms with E-state index in [2.05, 4.69) is 23.1 Å². The third kappa shape index (κ3) is 4.14. The highest BCUT2D eigenvalue weighted by Crippen LogP contribution is 2.31. The molecule has 5 nitrogen and oxygen atoms in total.